The average Bonchev–Trinajstić information content (AvgIpc) is 3.39. The molecule has 0 aromatic heterocycles. The topological polar surface area (TPSA) is 78.9 Å². The fourth-order valence-corrected chi connectivity index (χ4v) is 8.49. The summed E-state index contributed by atoms with van der Waals surface area (Å²) in [6.45, 7) is 6.38. The summed E-state index contributed by atoms with van der Waals surface area (Å²) >= 11 is 0. The molecule has 0 fully saturated rings. The second-order valence-electron chi connectivity index (χ2n) is 20.2. The van der Waals surface area contributed by atoms with E-state index in [0.717, 1.165) is 103 Å². The van der Waals surface area contributed by atoms with E-state index in [9.17, 15) is 14.4 Å². The zero-order valence-corrected chi connectivity index (χ0v) is 47.9. The molecular formula is C67H114O6. The van der Waals surface area contributed by atoms with Crippen LogP contribution in [0.1, 0.15) is 290 Å². The molecule has 0 radical (unpaired) electrons. The van der Waals surface area contributed by atoms with Crippen LogP contribution in [0.15, 0.2) is 97.2 Å². The standard InChI is InChI=1S/C67H114O6/c1-4-7-10-13-16-19-22-25-27-28-29-30-31-32-33-34-35-36-37-38-40-42-45-48-51-54-57-60-66(69)72-63-64(62-71-65(68)59-56-53-50-47-44-41-24-21-18-15-12-9-6-3)73-67(70)61-58-55-52-49-46-43-39-26-23-20-17-14-11-8-5-2/h8,11-12,15,17,20-21,24,26,28-29,39,46,49,55,58,64H,4-7,9-10,13-14,16,18-19,22-23,25,27,30-38,40-45,47-48,50-54,56-57,59-63H2,1-3H3/b11-8-,15-12-,20-17-,24-21-,29-28-,39-26-,49-46-,58-55-. The molecule has 0 heterocycles. The van der Waals surface area contributed by atoms with E-state index in [2.05, 4.69) is 106 Å². The Bertz CT molecular complexity index is 1440. The summed E-state index contributed by atoms with van der Waals surface area (Å²) in [5, 5.41) is 0. The Morgan fingerprint density at radius 3 is 0.973 bits per heavy atom. The highest BCUT2D eigenvalue weighted by molar-refractivity contribution is 5.72. The van der Waals surface area contributed by atoms with Gasteiger partial charge in [0.2, 0.25) is 0 Å². The SMILES string of the molecule is CC/C=C\C/C=C\C/C=C\C/C=C\C/C=C\CC(=O)OC(COC(=O)CCCCCCC/C=C\C/C=C\CCC)COC(=O)CCCCCCCCCCCCCCCCC/C=C\CCCCCCCCCC. The molecule has 73 heavy (non-hydrogen) atoms. The molecule has 0 aromatic rings. The maximum atomic E-state index is 12.8. The van der Waals surface area contributed by atoms with Gasteiger partial charge in [0.25, 0.3) is 0 Å². The molecule has 0 saturated carbocycles. The van der Waals surface area contributed by atoms with Crippen molar-refractivity contribution >= 4 is 17.9 Å². The predicted molar refractivity (Wildman–Crippen MR) is 316 cm³/mol. The second-order valence-corrected chi connectivity index (χ2v) is 20.2. The predicted octanol–water partition coefficient (Wildman–Crippen LogP) is 20.9. The minimum absolute atomic E-state index is 0.0930. The van der Waals surface area contributed by atoms with Crippen molar-refractivity contribution in [1.29, 1.82) is 0 Å². The zero-order valence-electron chi connectivity index (χ0n) is 47.9. The van der Waals surface area contributed by atoms with Crippen molar-refractivity contribution in [2.45, 2.75) is 297 Å². The molecule has 1 atom stereocenters. The van der Waals surface area contributed by atoms with Gasteiger partial charge in [-0.15, -0.1) is 0 Å². The van der Waals surface area contributed by atoms with Gasteiger partial charge in [-0.2, -0.15) is 0 Å². The molecule has 0 aliphatic heterocycles. The summed E-state index contributed by atoms with van der Waals surface area (Å²) in [6, 6.07) is 0. The van der Waals surface area contributed by atoms with Gasteiger partial charge in [0.1, 0.15) is 13.2 Å². The molecule has 0 saturated heterocycles. The van der Waals surface area contributed by atoms with Gasteiger partial charge in [0.05, 0.1) is 6.42 Å². The number of ether oxygens (including phenoxy) is 3. The van der Waals surface area contributed by atoms with Gasteiger partial charge in [0, 0.05) is 12.8 Å². The number of hydrogen-bond donors (Lipinski definition) is 0. The fraction of sp³-hybridized carbons (Fsp3) is 0.716. The number of carbonyl (C=O) groups excluding carboxylic acids is 3. The maximum Gasteiger partial charge on any atom is 0.310 e. The van der Waals surface area contributed by atoms with Gasteiger partial charge >= 0.3 is 17.9 Å². The molecule has 418 valence electrons. The summed E-state index contributed by atoms with van der Waals surface area (Å²) in [4.78, 5) is 38.1. The first-order valence-corrected chi connectivity index (χ1v) is 30.7. The average molecular weight is 1020 g/mol. The highest BCUT2D eigenvalue weighted by atomic mass is 16.6. The van der Waals surface area contributed by atoms with Crippen LogP contribution >= 0.6 is 0 Å². The van der Waals surface area contributed by atoms with E-state index in [-0.39, 0.29) is 31.6 Å². The molecular weight excluding hydrogens is 901 g/mol. The van der Waals surface area contributed by atoms with E-state index >= 15 is 0 Å². The summed E-state index contributed by atoms with van der Waals surface area (Å²) < 4.78 is 16.7. The van der Waals surface area contributed by atoms with E-state index < -0.39 is 12.1 Å². The molecule has 1 unspecified atom stereocenters. The first-order chi connectivity index (χ1) is 36.0. The lowest BCUT2D eigenvalue weighted by Crippen LogP contribution is -2.30. The Balaban J connectivity index is 4.31. The third-order valence-electron chi connectivity index (χ3n) is 13.1. The van der Waals surface area contributed by atoms with E-state index in [1.165, 1.54) is 148 Å². The van der Waals surface area contributed by atoms with Crippen molar-refractivity contribution in [3.8, 4) is 0 Å². The smallest absolute Gasteiger partial charge is 0.310 e. The van der Waals surface area contributed by atoms with E-state index in [0.29, 0.717) is 12.8 Å². The van der Waals surface area contributed by atoms with Crippen molar-refractivity contribution in [2.24, 2.45) is 0 Å². The quantitative estimate of drug-likeness (QED) is 0.0261. The van der Waals surface area contributed by atoms with Gasteiger partial charge in [0.15, 0.2) is 6.10 Å². The molecule has 0 spiro atoms. The Hall–Kier alpha value is -3.67. The first kappa shape index (κ1) is 69.3. The van der Waals surface area contributed by atoms with Crippen molar-refractivity contribution in [2.75, 3.05) is 13.2 Å². The summed E-state index contributed by atoms with van der Waals surface area (Å²) in [6.07, 6.45) is 81.7. The van der Waals surface area contributed by atoms with Crippen LogP contribution < -0.4 is 0 Å². The number of allylic oxidation sites excluding steroid dienone is 15. The van der Waals surface area contributed by atoms with Crippen LogP contribution in [0, 0.1) is 0 Å². The van der Waals surface area contributed by atoms with E-state index in [1.54, 1.807) is 6.08 Å². The van der Waals surface area contributed by atoms with Crippen molar-refractivity contribution < 1.29 is 28.6 Å². The van der Waals surface area contributed by atoms with Gasteiger partial charge < -0.3 is 14.2 Å². The highest BCUT2D eigenvalue weighted by Gasteiger charge is 2.19. The lowest BCUT2D eigenvalue weighted by Gasteiger charge is -2.18. The number of esters is 3. The van der Waals surface area contributed by atoms with Crippen LogP contribution in [0.5, 0.6) is 0 Å². The molecule has 0 aliphatic rings. The molecule has 0 amide bonds. The highest BCUT2D eigenvalue weighted by Crippen LogP contribution is 2.16. The van der Waals surface area contributed by atoms with Crippen LogP contribution in [-0.2, 0) is 28.6 Å². The van der Waals surface area contributed by atoms with Gasteiger partial charge in [-0.25, -0.2) is 0 Å². The summed E-state index contributed by atoms with van der Waals surface area (Å²) in [7, 11) is 0. The maximum absolute atomic E-state index is 12.8. The number of hydrogen-bond acceptors (Lipinski definition) is 6. The van der Waals surface area contributed by atoms with Crippen LogP contribution in [0.25, 0.3) is 0 Å². The van der Waals surface area contributed by atoms with Crippen LogP contribution in [0.3, 0.4) is 0 Å². The Labute approximate surface area is 451 Å². The molecule has 0 aliphatic carbocycles. The lowest BCUT2D eigenvalue weighted by atomic mass is 10.0. The monoisotopic (exact) mass is 1010 g/mol. The third-order valence-corrected chi connectivity index (χ3v) is 13.1. The van der Waals surface area contributed by atoms with Crippen molar-refractivity contribution in [1.82, 2.24) is 0 Å². The van der Waals surface area contributed by atoms with E-state index in [1.807, 2.05) is 6.08 Å². The lowest BCUT2D eigenvalue weighted by molar-refractivity contribution is -0.166. The van der Waals surface area contributed by atoms with Gasteiger partial charge in [-0.3, -0.25) is 14.4 Å². The summed E-state index contributed by atoms with van der Waals surface area (Å²) in [5.74, 6) is -1.06. The Morgan fingerprint density at radius 2 is 0.603 bits per heavy atom. The normalized spacial score (nSPS) is 12.8. The first-order valence-electron chi connectivity index (χ1n) is 30.7. The summed E-state index contributed by atoms with van der Waals surface area (Å²) in [5.41, 5.74) is 0. The Kier molecular flexibility index (Phi) is 57.8. The Morgan fingerprint density at radius 1 is 0.301 bits per heavy atom. The largest absolute Gasteiger partial charge is 0.462 e. The number of unbranched alkanes of at least 4 members (excludes halogenated alkanes) is 29. The minimum Gasteiger partial charge on any atom is -0.462 e. The van der Waals surface area contributed by atoms with E-state index in [4.69, 9.17) is 14.2 Å². The minimum atomic E-state index is -0.838. The number of rotatable bonds is 55. The second kappa shape index (κ2) is 60.9. The van der Waals surface area contributed by atoms with Gasteiger partial charge in [-0.05, 0) is 96.3 Å². The fourth-order valence-electron chi connectivity index (χ4n) is 8.49. The molecule has 6 heteroatoms. The van der Waals surface area contributed by atoms with Gasteiger partial charge in [-0.1, -0.05) is 272 Å². The molecule has 0 bridgehead atoms. The van der Waals surface area contributed by atoms with Crippen molar-refractivity contribution in [3.63, 3.8) is 0 Å². The molecule has 6 nitrogen and oxygen atoms in total. The molecule has 0 aromatic carbocycles. The van der Waals surface area contributed by atoms with Crippen LogP contribution in [0.2, 0.25) is 0 Å². The molecule has 0 N–H and O–H groups in total. The van der Waals surface area contributed by atoms with Crippen LogP contribution in [-0.4, -0.2) is 37.2 Å². The number of carbonyl (C=O) groups is 3. The third kappa shape index (κ3) is 59.1. The zero-order chi connectivity index (χ0) is 52.9. The van der Waals surface area contributed by atoms with Crippen LogP contribution in [0.4, 0.5) is 0 Å². The van der Waals surface area contributed by atoms with Crippen molar-refractivity contribution in [3.05, 3.63) is 97.2 Å². The molecule has 0 rings (SSSR count).